The molecule has 1 N–H and O–H groups in total. The molecule has 2 aromatic heterocycles. The summed E-state index contributed by atoms with van der Waals surface area (Å²) >= 11 is 0. The Morgan fingerprint density at radius 3 is 2.84 bits per heavy atom. The van der Waals surface area contributed by atoms with E-state index in [1.54, 1.807) is 34.9 Å². The number of ether oxygens (including phenoxy) is 1. The molecule has 9 heteroatoms. The van der Waals surface area contributed by atoms with Crippen LogP contribution in [0.5, 0.6) is 5.75 Å². The number of phenols is 1. The summed E-state index contributed by atoms with van der Waals surface area (Å²) in [5.74, 6) is 0.747. The first-order valence-corrected chi connectivity index (χ1v) is 10.1. The molecule has 0 saturated heterocycles. The highest BCUT2D eigenvalue weighted by molar-refractivity contribution is 6.09. The minimum Gasteiger partial charge on any atom is -0.508 e. The van der Waals surface area contributed by atoms with Crippen LogP contribution >= 0.6 is 0 Å². The van der Waals surface area contributed by atoms with E-state index in [0.717, 1.165) is 17.7 Å². The minimum atomic E-state index is -0.451. The van der Waals surface area contributed by atoms with E-state index in [-0.39, 0.29) is 17.6 Å². The lowest BCUT2D eigenvalue weighted by Crippen LogP contribution is -2.13. The number of aryl methyl sites for hydroxylation is 1. The third-order valence-corrected chi connectivity index (χ3v) is 5.23. The average molecular weight is 432 g/mol. The van der Waals surface area contributed by atoms with Gasteiger partial charge in [-0.25, -0.2) is 9.78 Å². The van der Waals surface area contributed by atoms with Gasteiger partial charge in [0, 0.05) is 31.8 Å². The minimum absolute atomic E-state index is 0.175. The fraction of sp³-hybridized carbons (Fsp3) is 0.261. The molecule has 1 unspecified atom stereocenters. The van der Waals surface area contributed by atoms with Crippen LogP contribution in [0.3, 0.4) is 0 Å². The zero-order valence-electron chi connectivity index (χ0n) is 18.1. The van der Waals surface area contributed by atoms with Gasteiger partial charge in [-0.1, -0.05) is 29.5 Å². The van der Waals surface area contributed by atoms with Gasteiger partial charge in [-0.15, -0.1) is 5.10 Å². The second kappa shape index (κ2) is 9.01. The lowest BCUT2D eigenvalue weighted by Gasteiger charge is -2.13. The van der Waals surface area contributed by atoms with Crippen molar-refractivity contribution in [1.82, 2.24) is 20.0 Å². The first-order chi connectivity index (χ1) is 15.4. The third kappa shape index (κ3) is 4.83. The lowest BCUT2D eigenvalue weighted by molar-refractivity contribution is -0.135. The molecule has 0 spiro atoms. The van der Waals surface area contributed by atoms with Crippen LogP contribution in [-0.2, 0) is 16.6 Å². The standard InChI is InChI=1S/C23H24N6O3/c1-28-14-21(26-27-28)19-12-16(19)10-17(23(31)32-3)13-24-29(2)22-9-5-8-20(25-22)15-6-4-7-18(30)11-15/h4-11,13-14,16,19,30H,12H2,1-3H3/b17-10-,24-13-/t16?,19-/m1/s1. The van der Waals surface area contributed by atoms with Crippen molar-refractivity contribution in [2.24, 2.45) is 18.1 Å². The van der Waals surface area contributed by atoms with E-state index in [4.69, 9.17) is 4.74 Å². The van der Waals surface area contributed by atoms with Gasteiger partial charge in [0.05, 0.1) is 30.3 Å². The van der Waals surface area contributed by atoms with Crippen LogP contribution in [0.2, 0.25) is 0 Å². The van der Waals surface area contributed by atoms with Crippen molar-refractivity contribution in [2.75, 3.05) is 19.2 Å². The van der Waals surface area contributed by atoms with Gasteiger partial charge in [-0.05, 0) is 36.6 Å². The van der Waals surface area contributed by atoms with E-state index < -0.39 is 5.97 Å². The molecule has 1 aliphatic carbocycles. The van der Waals surface area contributed by atoms with E-state index in [1.165, 1.54) is 13.3 Å². The number of rotatable bonds is 7. The molecule has 1 saturated carbocycles. The second-order valence-corrected chi connectivity index (χ2v) is 7.64. The Kier molecular flexibility index (Phi) is 5.98. The number of pyridine rings is 1. The molecule has 0 amide bonds. The first-order valence-electron chi connectivity index (χ1n) is 10.1. The molecule has 0 bridgehead atoms. The molecule has 32 heavy (non-hydrogen) atoms. The van der Waals surface area contributed by atoms with Gasteiger partial charge in [0.1, 0.15) is 11.6 Å². The quantitative estimate of drug-likeness (QED) is 0.265. The highest BCUT2D eigenvalue weighted by atomic mass is 16.5. The monoisotopic (exact) mass is 432 g/mol. The Balaban J connectivity index is 1.51. The molecule has 164 valence electrons. The normalized spacial score (nSPS) is 18.0. The number of anilines is 1. The summed E-state index contributed by atoms with van der Waals surface area (Å²) in [6.07, 6.45) is 6.15. The number of hydrogen-bond donors (Lipinski definition) is 1. The largest absolute Gasteiger partial charge is 0.508 e. The molecule has 2 atom stereocenters. The summed E-state index contributed by atoms with van der Waals surface area (Å²) in [6, 6.07) is 12.4. The van der Waals surface area contributed by atoms with Crippen LogP contribution in [0.15, 0.2) is 65.4 Å². The summed E-state index contributed by atoms with van der Waals surface area (Å²) in [5, 5.41) is 23.8. The number of benzene rings is 1. The molecule has 1 aliphatic rings. The van der Waals surface area contributed by atoms with Gasteiger partial charge in [0.25, 0.3) is 0 Å². The van der Waals surface area contributed by atoms with Crippen LogP contribution in [0, 0.1) is 5.92 Å². The number of methoxy groups -OCH3 is 1. The zero-order chi connectivity index (χ0) is 22.7. The Labute approximate surface area is 185 Å². The van der Waals surface area contributed by atoms with E-state index in [9.17, 15) is 9.90 Å². The molecule has 9 nitrogen and oxygen atoms in total. The Morgan fingerprint density at radius 2 is 2.12 bits per heavy atom. The van der Waals surface area contributed by atoms with Crippen LogP contribution in [0.25, 0.3) is 11.3 Å². The number of aromatic hydroxyl groups is 1. The maximum absolute atomic E-state index is 12.3. The van der Waals surface area contributed by atoms with Crippen LogP contribution in [-0.4, -0.2) is 51.4 Å². The van der Waals surface area contributed by atoms with Crippen molar-refractivity contribution < 1.29 is 14.6 Å². The van der Waals surface area contributed by atoms with Crippen molar-refractivity contribution in [2.45, 2.75) is 12.3 Å². The number of hydrazone groups is 1. The van der Waals surface area contributed by atoms with Gasteiger partial charge < -0.3 is 9.84 Å². The fourth-order valence-electron chi connectivity index (χ4n) is 3.42. The van der Waals surface area contributed by atoms with Crippen LogP contribution in [0.4, 0.5) is 5.82 Å². The van der Waals surface area contributed by atoms with E-state index >= 15 is 0 Å². The van der Waals surface area contributed by atoms with Crippen molar-refractivity contribution in [3.05, 3.63) is 66.0 Å². The number of esters is 1. The van der Waals surface area contributed by atoms with Gasteiger partial charge in [-0.2, -0.15) is 5.10 Å². The molecule has 4 rings (SSSR count). The Bertz CT molecular complexity index is 1190. The highest BCUT2D eigenvalue weighted by Crippen LogP contribution is 2.47. The maximum atomic E-state index is 12.3. The molecule has 1 aromatic carbocycles. The lowest BCUT2D eigenvalue weighted by atomic mass is 10.1. The maximum Gasteiger partial charge on any atom is 0.339 e. The Morgan fingerprint density at radius 1 is 1.31 bits per heavy atom. The predicted octanol–water partition coefficient (Wildman–Crippen LogP) is 2.91. The molecular weight excluding hydrogens is 408 g/mol. The van der Waals surface area contributed by atoms with E-state index in [1.807, 2.05) is 43.6 Å². The van der Waals surface area contributed by atoms with Crippen LogP contribution < -0.4 is 5.01 Å². The topological polar surface area (TPSA) is 106 Å². The van der Waals surface area contributed by atoms with Gasteiger partial charge in [0.15, 0.2) is 0 Å². The number of allylic oxidation sites excluding steroid dienone is 1. The van der Waals surface area contributed by atoms with E-state index in [2.05, 4.69) is 20.4 Å². The summed E-state index contributed by atoms with van der Waals surface area (Å²) < 4.78 is 6.59. The number of phenolic OH excluding ortho intramolecular Hbond substituents is 1. The molecular formula is C23H24N6O3. The van der Waals surface area contributed by atoms with Crippen molar-refractivity contribution in [1.29, 1.82) is 0 Å². The molecule has 1 fully saturated rings. The predicted molar refractivity (Wildman–Crippen MR) is 120 cm³/mol. The number of carbonyl (C=O) groups is 1. The van der Waals surface area contributed by atoms with Crippen molar-refractivity contribution >= 4 is 18.0 Å². The highest BCUT2D eigenvalue weighted by Gasteiger charge is 2.39. The van der Waals surface area contributed by atoms with Gasteiger partial charge in [-0.3, -0.25) is 9.69 Å². The summed E-state index contributed by atoms with van der Waals surface area (Å²) in [7, 11) is 4.93. The summed E-state index contributed by atoms with van der Waals surface area (Å²) in [6.45, 7) is 0. The van der Waals surface area contributed by atoms with Gasteiger partial charge >= 0.3 is 5.97 Å². The fourth-order valence-corrected chi connectivity index (χ4v) is 3.42. The molecule has 0 aliphatic heterocycles. The molecule has 0 radical (unpaired) electrons. The first kappa shape index (κ1) is 21.2. The molecule has 2 heterocycles. The van der Waals surface area contributed by atoms with Crippen molar-refractivity contribution in [3.63, 3.8) is 0 Å². The number of hydrogen-bond acceptors (Lipinski definition) is 8. The number of nitrogens with zero attached hydrogens (tertiary/aromatic N) is 6. The summed E-state index contributed by atoms with van der Waals surface area (Å²) in [4.78, 5) is 16.9. The number of aromatic nitrogens is 4. The number of carbonyl (C=O) groups excluding carboxylic acids is 1. The summed E-state index contributed by atoms with van der Waals surface area (Å²) in [5.41, 5.74) is 2.79. The smallest absolute Gasteiger partial charge is 0.339 e. The molecule has 3 aromatic rings. The zero-order valence-corrected chi connectivity index (χ0v) is 18.1. The third-order valence-electron chi connectivity index (χ3n) is 5.23. The Hall–Kier alpha value is -4.01. The van der Waals surface area contributed by atoms with Gasteiger partial charge in [0.2, 0.25) is 0 Å². The van der Waals surface area contributed by atoms with Crippen molar-refractivity contribution in [3.8, 4) is 17.0 Å². The van der Waals surface area contributed by atoms with E-state index in [0.29, 0.717) is 17.1 Å². The van der Waals surface area contributed by atoms with Crippen LogP contribution in [0.1, 0.15) is 18.0 Å². The average Bonchev–Trinajstić information content (AvgIpc) is 3.44. The SMILES string of the molecule is COC(=O)C(/C=N\N(C)c1cccc(-c2cccc(O)c2)n1)=C\C1C[C@H]1c1cn(C)nn1. The second-order valence-electron chi connectivity index (χ2n) is 7.64.